The topological polar surface area (TPSA) is 77.7 Å². The Hall–Kier alpha value is -2.29. The van der Waals surface area contributed by atoms with Crippen molar-refractivity contribution in [3.63, 3.8) is 0 Å². The summed E-state index contributed by atoms with van der Waals surface area (Å²) >= 11 is 0. The van der Waals surface area contributed by atoms with Crippen LogP contribution in [0.5, 0.6) is 0 Å². The maximum Gasteiger partial charge on any atom is 0.241 e. The van der Waals surface area contributed by atoms with E-state index in [0.717, 1.165) is 77.2 Å². The third-order valence-corrected chi connectivity index (χ3v) is 7.26. The van der Waals surface area contributed by atoms with Crippen LogP contribution in [0.2, 0.25) is 0 Å². The van der Waals surface area contributed by atoms with Crippen LogP contribution in [0, 0.1) is 5.92 Å². The van der Waals surface area contributed by atoms with Gasteiger partial charge in [-0.15, -0.1) is 0 Å². The fourth-order valence-electron chi connectivity index (χ4n) is 4.89. The molecule has 0 saturated carbocycles. The van der Waals surface area contributed by atoms with E-state index < -0.39 is 0 Å². The maximum absolute atomic E-state index is 12.8. The molecule has 1 N–H and O–H groups in total. The molecule has 3 heterocycles. The summed E-state index contributed by atoms with van der Waals surface area (Å²) in [6, 6.07) is 8.37. The number of nitrogens with zero attached hydrogens (tertiary/aromatic N) is 5. The lowest BCUT2D eigenvalue weighted by Crippen LogP contribution is -2.45. The molecule has 0 bridgehead atoms. The second kappa shape index (κ2) is 11.6. The zero-order valence-electron chi connectivity index (χ0n) is 21.9. The van der Waals surface area contributed by atoms with Gasteiger partial charge in [-0.05, 0) is 50.4 Å². The van der Waals surface area contributed by atoms with Crippen molar-refractivity contribution in [2.45, 2.75) is 52.0 Å². The fourth-order valence-corrected chi connectivity index (χ4v) is 4.89. The number of hydrogen-bond donors (Lipinski definition) is 1. The first kappa shape index (κ1) is 25.8. The number of likely N-dealkylation sites (tertiary alicyclic amines) is 1. The monoisotopic (exact) mass is 482 g/mol. The van der Waals surface area contributed by atoms with Crippen LogP contribution >= 0.6 is 0 Å². The minimum Gasteiger partial charge on any atom is -0.356 e. The molecule has 192 valence electrons. The van der Waals surface area contributed by atoms with E-state index in [9.17, 15) is 4.79 Å². The van der Waals surface area contributed by atoms with Crippen LogP contribution in [0.3, 0.4) is 0 Å². The van der Waals surface area contributed by atoms with Gasteiger partial charge >= 0.3 is 0 Å². The summed E-state index contributed by atoms with van der Waals surface area (Å²) < 4.78 is 5.55. The number of carbonyl (C=O) groups excluding carboxylic acids is 1. The summed E-state index contributed by atoms with van der Waals surface area (Å²) in [6.45, 7) is 15.2. The Morgan fingerprint density at radius 1 is 1.09 bits per heavy atom. The van der Waals surface area contributed by atoms with Gasteiger partial charge in [-0.1, -0.05) is 50.2 Å². The van der Waals surface area contributed by atoms with E-state index in [1.165, 1.54) is 5.56 Å². The third kappa shape index (κ3) is 7.35. The predicted molar refractivity (Wildman–Crippen MR) is 138 cm³/mol. The molecule has 4 rings (SSSR count). The van der Waals surface area contributed by atoms with Crippen LogP contribution in [0.1, 0.15) is 51.5 Å². The number of aromatic nitrogens is 2. The number of likely N-dealkylation sites (N-methyl/N-ethyl adjacent to an activating group) is 1. The zero-order valence-corrected chi connectivity index (χ0v) is 21.9. The number of piperidine rings is 1. The van der Waals surface area contributed by atoms with E-state index in [-0.39, 0.29) is 17.2 Å². The van der Waals surface area contributed by atoms with Crippen molar-refractivity contribution in [1.29, 1.82) is 0 Å². The quantitative estimate of drug-likeness (QED) is 0.580. The van der Waals surface area contributed by atoms with Crippen LogP contribution in [-0.4, -0.2) is 90.2 Å². The summed E-state index contributed by atoms with van der Waals surface area (Å²) in [5.74, 6) is 1.43. The smallest absolute Gasteiger partial charge is 0.241 e. The third-order valence-electron chi connectivity index (χ3n) is 7.26. The highest BCUT2D eigenvalue weighted by atomic mass is 16.5. The highest BCUT2D eigenvalue weighted by Crippen LogP contribution is 2.25. The van der Waals surface area contributed by atoms with Crippen molar-refractivity contribution in [3.8, 4) is 11.4 Å². The van der Waals surface area contributed by atoms with E-state index in [0.29, 0.717) is 18.3 Å². The van der Waals surface area contributed by atoms with E-state index >= 15 is 0 Å². The molecular weight excluding hydrogens is 440 g/mol. The van der Waals surface area contributed by atoms with Crippen molar-refractivity contribution in [3.05, 3.63) is 35.7 Å². The Morgan fingerprint density at radius 2 is 1.83 bits per heavy atom. The summed E-state index contributed by atoms with van der Waals surface area (Å²) in [5, 5.41) is 7.36. The Labute approximate surface area is 210 Å². The van der Waals surface area contributed by atoms with Crippen molar-refractivity contribution in [2.24, 2.45) is 5.92 Å². The zero-order chi connectivity index (χ0) is 24.8. The standard InChI is InChI=1S/C27H42N6O2/c1-27(2,3)23-10-8-21(9-11-23)25-29-24(35-30-25)20-33-13-5-7-22(19-33)26(34)28-12-6-14-32-17-15-31(4)16-18-32/h8-11,22H,5-7,12-20H2,1-4H3,(H,28,34). The fraction of sp³-hybridized carbons (Fsp3) is 0.667. The minimum atomic E-state index is 0.0275. The number of hydrogen-bond acceptors (Lipinski definition) is 7. The Bertz CT molecular complexity index is 943. The van der Waals surface area contributed by atoms with Crippen molar-refractivity contribution >= 4 is 5.91 Å². The van der Waals surface area contributed by atoms with Gasteiger partial charge in [0.15, 0.2) is 0 Å². The first-order valence-corrected chi connectivity index (χ1v) is 13.1. The normalized spacial score (nSPS) is 20.7. The molecular formula is C27H42N6O2. The van der Waals surface area contributed by atoms with Gasteiger partial charge in [-0.3, -0.25) is 9.69 Å². The Kier molecular flexibility index (Phi) is 8.57. The second-order valence-corrected chi connectivity index (χ2v) is 11.2. The van der Waals surface area contributed by atoms with E-state index in [4.69, 9.17) is 4.52 Å². The van der Waals surface area contributed by atoms with Gasteiger partial charge in [0.25, 0.3) is 0 Å². The van der Waals surface area contributed by atoms with Gasteiger partial charge in [0.1, 0.15) is 0 Å². The van der Waals surface area contributed by atoms with E-state index in [1.807, 2.05) is 0 Å². The molecule has 35 heavy (non-hydrogen) atoms. The van der Waals surface area contributed by atoms with Crippen molar-refractivity contribution in [2.75, 3.05) is 59.4 Å². The van der Waals surface area contributed by atoms with Crippen LogP contribution in [0.4, 0.5) is 0 Å². The average Bonchev–Trinajstić information content (AvgIpc) is 3.31. The molecule has 0 aliphatic carbocycles. The largest absolute Gasteiger partial charge is 0.356 e. The van der Waals surface area contributed by atoms with Crippen LogP contribution in [-0.2, 0) is 16.8 Å². The number of benzene rings is 1. The molecule has 1 aromatic carbocycles. The molecule has 2 aliphatic heterocycles. The lowest BCUT2D eigenvalue weighted by molar-refractivity contribution is -0.126. The number of piperazine rings is 1. The highest BCUT2D eigenvalue weighted by molar-refractivity contribution is 5.78. The molecule has 0 radical (unpaired) electrons. The molecule has 1 unspecified atom stereocenters. The molecule has 1 amide bonds. The summed E-state index contributed by atoms with van der Waals surface area (Å²) in [4.78, 5) is 24.5. The van der Waals surface area contributed by atoms with Gasteiger partial charge in [0.05, 0.1) is 12.5 Å². The molecule has 8 nitrogen and oxygen atoms in total. The Morgan fingerprint density at radius 3 is 2.54 bits per heavy atom. The van der Waals surface area contributed by atoms with Crippen LogP contribution in [0.15, 0.2) is 28.8 Å². The number of carbonyl (C=O) groups is 1. The lowest BCUT2D eigenvalue weighted by Gasteiger charge is -2.32. The first-order valence-electron chi connectivity index (χ1n) is 13.1. The van der Waals surface area contributed by atoms with Gasteiger partial charge in [0, 0.05) is 44.8 Å². The predicted octanol–water partition coefficient (Wildman–Crippen LogP) is 3.00. The van der Waals surface area contributed by atoms with Crippen molar-refractivity contribution < 1.29 is 9.32 Å². The van der Waals surface area contributed by atoms with E-state index in [2.05, 4.69) is 82.2 Å². The first-order chi connectivity index (χ1) is 16.8. The molecule has 2 saturated heterocycles. The molecule has 2 aliphatic rings. The van der Waals surface area contributed by atoms with Gasteiger partial charge in [-0.25, -0.2) is 0 Å². The summed E-state index contributed by atoms with van der Waals surface area (Å²) in [7, 11) is 2.17. The van der Waals surface area contributed by atoms with Gasteiger partial charge in [0.2, 0.25) is 17.6 Å². The number of amides is 1. The highest BCUT2D eigenvalue weighted by Gasteiger charge is 2.27. The molecule has 1 atom stereocenters. The Balaban J connectivity index is 1.21. The van der Waals surface area contributed by atoms with Gasteiger partial charge in [-0.2, -0.15) is 4.98 Å². The van der Waals surface area contributed by atoms with Gasteiger partial charge < -0.3 is 19.6 Å². The molecule has 1 aromatic heterocycles. The van der Waals surface area contributed by atoms with E-state index in [1.54, 1.807) is 0 Å². The van der Waals surface area contributed by atoms with Crippen LogP contribution in [0.25, 0.3) is 11.4 Å². The summed E-state index contributed by atoms with van der Waals surface area (Å²) in [5.41, 5.74) is 2.35. The molecule has 8 heteroatoms. The summed E-state index contributed by atoms with van der Waals surface area (Å²) in [6.07, 6.45) is 2.96. The maximum atomic E-state index is 12.8. The molecule has 0 spiro atoms. The number of rotatable bonds is 8. The molecule has 2 aromatic rings. The lowest BCUT2D eigenvalue weighted by atomic mass is 9.87. The van der Waals surface area contributed by atoms with Crippen LogP contribution < -0.4 is 5.32 Å². The SMILES string of the molecule is CN1CCN(CCCNC(=O)C2CCCN(Cc3nc(-c4ccc(C(C)(C)C)cc4)no3)C2)CC1. The molecule has 2 fully saturated rings. The number of nitrogens with one attached hydrogen (secondary N) is 1. The minimum absolute atomic E-state index is 0.0275. The van der Waals surface area contributed by atoms with Crippen molar-refractivity contribution in [1.82, 2.24) is 30.2 Å². The second-order valence-electron chi connectivity index (χ2n) is 11.2. The average molecular weight is 483 g/mol.